The lowest BCUT2D eigenvalue weighted by Crippen LogP contribution is -2.30. The third-order valence-corrected chi connectivity index (χ3v) is 3.03. The number of hydrogen-bond acceptors (Lipinski definition) is 3. The van der Waals surface area contributed by atoms with E-state index in [-0.39, 0.29) is 6.61 Å². The topological polar surface area (TPSA) is 41.5 Å². The molecule has 1 aromatic rings. The number of hydrogen-bond donors (Lipinski definition) is 2. The molecule has 16 heavy (non-hydrogen) atoms. The van der Waals surface area contributed by atoms with Gasteiger partial charge >= 0.3 is 0 Å². The first-order valence-electron chi connectivity index (χ1n) is 5.92. The summed E-state index contributed by atoms with van der Waals surface area (Å²) in [6.07, 6.45) is 2.39. The normalized spacial score (nSPS) is 17.3. The van der Waals surface area contributed by atoms with Crippen LogP contribution < -0.4 is 10.1 Å². The summed E-state index contributed by atoms with van der Waals surface area (Å²) in [6.45, 7) is 3.07. The largest absolute Gasteiger partial charge is 0.493 e. The third-order valence-electron chi connectivity index (χ3n) is 3.03. The van der Waals surface area contributed by atoms with Gasteiger partial charge in [0, 0.05) is 0 Å². The number of benzene rings is 1. The Bertz CT molecular complexity index is 321. The molecular formula is C13H19NO2. The lowest BCUT2D eigenvalue weighted by molar-refractivity contribution is 0.214. The zero-order chi connectivity index (χ0) is 11.2. The van der Waals surface area contributed by atoms with Crippen LogP contribution in [0.1, 0.15) is 18.4 Å². The highest BCUT2D eigenvalue weighted by atomic mass is 16.5. The van der Waals surface area contributed by atoms with Crippen LogP contribution in [-0.2, 0) is 6.61 Å². The average molecular weight is 221 g/mol. The van der Waals surface area contributed by atoms with E-state index in [1.165, 1.54) is 12.8 Å². The van der Waals surface area contributed by atoms with Gasteiger partial charge in [-0.05, 0) is 49.5 Å². The van der Waals surface area contributed by atoms with E-state index in [0.29, 0.717) is 5.92 Å². The molecule has 3 nitrogen and oxygen atoms in total. The van der Waals surface area contributed by atoms with Crippen LogP contribution in [0, 0.1) is 5.92 Å². The Morgan fingerprint density at radius 1 is 1.31 bits per heavy atom. The Morgan fingerprint density at radius 2 is 2.12 bits per heavy atom. The Labute approximate surface area is 96.4 Å². The highest BCUT2D eigenvalue weighted by Gasteiger charge is 2.13. The van der Waals surface area contributed by atoms with Gasteiger partial charge in [-0.25, -0.2) is 0 Å². The molecular weight excluding hydrogens is 202 g/mol. The fraction of sp³-hybridized carbons (Fsp3) is 0.538. The van der Waals surface area contributed by atoms with Crippen molar-refractivity contribution in [3.63, 3.8) is 0 Å². The molecule has 2 N–H and O–H groups in total. The van der Waals surface area contributed by atoms with Crippen LogP contribution >= 0.6 is 0 Å². The molecule has 0 unspecified atom stereocenters. The van der Waals surface area contributed by atoms with Crippen molar-refractivity contribution in [1.29, 1.82) is 0 Å². The van der Waals surface area contributed by atoms with Crippen LogP contribution in [0.4, 0.5) is 0 Å². The van der Waals surface area contributed by atoms with Gasteiger partial charge in [-0.3, -0.25) is 0 Å². The van der Waals surface area contributed by atoms with Crippen LogP contribution in [0.15, 0.2) is 24.3 Å². The number of nitrogens with one attached hydrogen (secondary N) is 1. The highest BCUT2D eigenvalue weighted by Crippen LogP contribution is 2.17. The summed E-state index contributed by atoms with van der Waals surface area (Å²) >= 11 is 0. The van der Waals surface area contributed by atoms with E-state index >= 15 is 0 Å². The van der Waals surface area contributed by atoms with Gasteiger partial charge in [-0.15, -0.1) is 0 Å². The molecule has 0 spiro atoms. The fourth-order valence-electron chi connectivity index (χ4n) is 2.00. The maximum Gasteiger partial charge on any atom is 0.119 e. The molecule has 1 fully saturated rings. The molecule has 0 bridgehead atoms. The summed E-state index contributed by atoms with van der Waals surface area (Å²) in [5.74, 6) is 1.53. The Kier molecular flexibility index (Phi) is 4.19. The van der Waals surface area contributed by atoms with E-state index in [0.717, 1.165) is 31.0 Å². The fourth-order valence-corrected chi connectivity index (χ4v) is 2.00. The van der Waals surface area contributed by atoms with Crippen molar-refractivity contribution in [3.8, 4) is 5.75 Å². The van der Waals surface area contributed by atoms with Crippen molar-refractivity contribution in [2.45, 2.75) is 19.4 Å². The zero-order valence-electron chi connectivity index (χ0n) is 9.48. The second-order valence-corrected chi connectivity index (χ2v) is 4.31. The minimum absolute atomic E-state index is 0.0740. The molecule has 0 aliphatic carbocycles. The number of aliphatic hydroxyl groups excluding tert-OH is 1. The van der Waals surface area contributed by atoms with Crippen molar-refractivity contribution in [2.75, 3.05) is 19.7 Å². The van der Waals surface area contributed by atoms with Gasteiger partial charge in [0.15, 0.2) is 0 Å². The van der Waals surface area contributed by atoms with Gasteiger partial charge in [-0.2, -0.15) is 0 Å². The van der Waals surface area contributed by atoms with E-state index in [2.05, 4.69) is 5.32 Å². The molecule has 2 rings (SSSR count). The van der Waals surface area contributed by atoms with Crippen molar-refractivity contribution in [1.82, 2.24) is 5.32 Å². The second-order valence-electron chi connectivity index (χ2n) is 4.31. The van der Waals surface area contributed by atoms with Crippen LogP contribution in [0.5, 0.6) is 5.75 Å². The number of ether oxygens (including phenoxy) is 1. The SMILES string of the molecule is OCc1cccc(OCC2CCNCC2)c1. The molecule has 1 aliphatic rings. The molecule has 0 amide bonds. The highest BCUT2D eigenvalue weighted by molar-refractivity contribution is 5.27. The maximum atomic E-state index is 9.02. The van der Waals surface area contributed by atoms with Crippen molar-refractivity contribution < 1.29 is 9.84 Å². The molecule has 1 aliphatic heterocycles. The minimum Gasteiger partial charge on any atom is -0.493 e. The molecule has 0 aromatic heterocycles. The van der Waals surface area contributed by atoms with Crippen molar-refractivity contribution in [2.24, 2.45) is 5.92 Å². The first kappa shape index (κ1) is 11.4. The summed E-state index contributed by atoms with van der Waals surface area (Å²) in [5, 5.41) is 12.4. The zero-order valence-corrected chi connectivity index (χ0v) is 9.48. The third kappa shape index (κ3) is 3.22. The van der Waals surface area contributed by atoms with Gasteiger partial charge in [-0.1, -0.05) is 12.1 Å². The summed E-state index contributed by atoms with van der Waals surface area (Å²) in [5.41, 5.74) is 0.905. The lowest BCUT2D eigenvalue weighted by atomic mass is 9.99. The number of piperidine rings is 1. The van der Waals surface area contributed by atoms with E-state index in [1.807, 2.05) is 24.3 Å². The van der Waals surface area contributed by atoms with Gasteiger partial charge in [0.1, 0.15) is 5.75 Å². The van der Waals surface area contributed by atoms with E-state index in [4.69, 9.17) is 9.84 Å². The van der Waals surface area contributed by atoms with Gasteiger partial charge in [0.2, 0.25) is 0 Å². The molecule has 1 heterocycles. The molecule has 0 atom stereocenters. The first-order valence-corrected chi connectivity index (χ1v) is 5.92. The minimum atomic E-state index is 0.0740. The Balaban J connectivity index is 1.83. The van der Waals surface area contributed by atoms with Gasteiger partial charge in [0.25, 0.3) is 0 Å². The predicted molar refractivity (Wildman–Crippen MR) is 63.5 cm³/mol. The molecule has 88 valence electrons. The van der Waals surface area contributed by atoms with E-state index in [1.54, 1.807) is 0 Å². The van der Waals surface area contributed by atoms with Crippen LogP contribution in [0.25, 0.3) is 0 Å². The lowest BCUT2D eigenvalue weighted by Gasteiger charge is -2.22. The molecule has 0 radical (unpaired) electrons. The predicted octanol–water partition coefficient (Wildman–Crippen LogP) is 1.56. The Hall–Kier alpha value is -1.06. The van der Waals surface area contributed by atoms with Crippen LogP contribution in [0.3, 0.4) is 0 Å². The number of aliphatic hydroxyl groups is 1. The summed E-state index contributed by atoms with van der Waals surface area (Å²) in [7, 11) is 0. The van der Waals surface area contributed by atoms with E-state index in [9.17, 15) is 0 Å². The van der Waals surface area contributed by atoms with E-state index < -0.39 is 0 Å². The summed E-state index contributed by atoms with van der Waals surface area (Å²) in [4.78, 5) is 0. The summed E-state index contributed by atoms with van der Waals surface area (Å²) < 4.78 is 5.75. The quantitative estimate of drug-likeness (QED) is 0.810. The van der Waals surface area contributed by atoms with Crippen LogP contribution in [0.2, 0.25) is 0 Å². The smallest absolute Gasteiger partial charge is 0.119 e. The maximum absolute atomic E-state index is 9.02. The second kappa shape index (κ2) is 5.87. The monoisotopic (exact) mass is 221 g/mol. The number of rotatable bonds is 4. The molecule has 1 saturated heterocycles. The Morgan fingerprint density at radius 3 is 2.88 bits per heavy atom. The molecule has 3 heteroatoms. The van der Waals surface area contributed by atoms with Gasteiger partial charge in [0.05, 0.1) is 13.2 Å². The molecule has 1 aromatic carbocycles. The van der Waals surface area contributed by atoms with Gasteiger partial charge < -0.3 is 15.2 Å². The first-order chi connectivity index (χ1) is 7.88. The van der Waals surface area contributed by atoms with Crippen molar-refractivity contribution >= 4 is 0 Å². The van der Waals surface area contributed by atoms with Crippen LogP contribution in [-0.4, -0.2) is 24.8 Å². The summed E-state index contributed by atoms with van der Waals surface area (Å²) in [6, 6.07) is 7.67. The van der Waals surface area contributed by atoms with Crippen molar-refractivity contribution in [3.05, 3.63) is 29.8 Å². The average Bonchev–Trinajstić information content (AvgIpc) is 2.38. The molecule has 0 saturated carbocycles. The standard InChI is InChI=1S/C13H19NO2/c15-9-12-2-1-3-13(8-12)16-10-11-4-6-14-7-5-11/h1-3,8,11,14-15H,4-7,9-10H2.